The number of amides is 1. The van der Waals surface area contributed by atoms with Gasteiger partial charge in [-0.2, -0.15) is 0 Å². The molecule has 2 rings (SSSR count). The van der Waals surface area contributed by atoms with E-state index in [1.165, 1.54) is 10.5 Å². The maximum absolute atomic E-state index is 11.6. The molecule has 0 spiro atoms. The Morgan fingerprint density at radius 3 is 3.00 bits per heavy atom. The summed E-state index contributed by atoms with van der Waals surface area (Å²) in [5.74, 6) is 0.0993. The highest BCUT2D eigenvalue weighted by Crippen LogP contribution is 2.35. The van der Waals surface area contributed by atoms with Gasteiger partial charge in [0.2, 0.25) is 5.91 Å². The molecule has 0 saturated carbocycles. The van der Waals surface area contributed by atoms with Crippen molar-refractivity contribution in [1.82, 2.24) is 4.90 Å². The molecule has 1 unspecified atom stereocenters. The fourth-order valence-electron chi connectivity index (χ4n) is 1.79. The second kappa shape index (κ2) is 6.08. The molecule has 0 bridgehead atoms. The Morgan fingerprint density at radius 1 is 1.50 bits per heavy atom. The summed E-state index contributed by atoms with van der Waals surface area (Å²) < 4.78 is 0. The van der Waals surface area contributed by atoms with Crippen molar-refractivity contribution in [2.24, 2.45) is 0 Å². The van der Waals surface area contributed by atoms with Gasteiger partial charge in [-0.3, -0.25) is 9.69 Å². The Kier molecular flexibility index (Phi) is 4.70. The zero-order valence-electron chi connectivity index (χ0n) is 10.6. The van der Waals surface area contributed by atoms with Gasteiger partial charge in [0.15, 0.2) is 0 Å². The van der Waals surface area contributed by atoms with Crippen LogP contribution in [0.5, 0.6) is 0 Å². The summed E-state index contributed by atoms with van der Waals surface area (Å²) in [6.07, 6.45) is 0.992. The molecule has 1 aromatic carbocycles. The largest absolute Gasteiger partial charge is 0.324 e. The Bertz CT molecular complexity index is 453. The molecule has 0 radical (unpaired) electrons. The number of rotatable bonds is 4. The Labute approximate surface area is 120 Å². The van der Waals surface area contributed by atoms with Gasteiger partial charge in [0.05, 0.1) is 16.4 Å². The van der Waals surface area contributed by atoms with Crippen LogP contribution in [0.2, 0.25) is 0 Å². The average molecular weight is 329 g/mol. The molecule has 0 aliphatic carbocycles. The molecule has 1 atom stereocenters. The number of nitrogens with one attached hydrogen (secondary N) is 1. The van der Waals surface area contributed by atoms with E-state index in [9.17, 15) is 4.79 Å². The molecular weight excluding hydrogens is 312 g/mol. The molecule has 5 heteroatoms. The van der Waals surface area contributed by atoms with Crippen LogP contribution in [0, 0.1) is 0 Å². The maximum Gasteiger partial charge on any atom is 0.237 e. The summed E-state index contributed by atoms with van der Waals surface area (Å²) >= 11 is 5.06. The van der Waals surface area contributed by atoms with Gasteiger partial charge in [-0.25, -0.2) is 0 Å². The lowest BCUT2D eigenvalue weighted by Crippen LogP contribution is -2.26. The van der Waals surface area contributed by atoms with Gasteiger partial charge in [-0.1, -0.05) is 22.0 Å². The van der Waals surface area contributed by atoms with Gasteiger partial charge in [-0.15, -0.1) is 11.8 Å². The van der Waals surface area contributed by atoms with Crippen LogP contribution < -0.4 is 5.32 Å². The van der Waals surface area contributed by atoms with Crippen molar-refractivity contribution in [2.45, 2.75) is 23.5 Å². The third-order valence-corrected chi connectivity index (χ3v) is 4.99. The van der Waals surface area contributed by atoms with E-state index < -0.39 is 0 Å². The lowest BCUT2D eigenvalue weighted by Gasteiger charge is -2.22. The third kappa shape index (κ3) is 3.28. The molecule has 1 N–H and O–H groups in total. The topological polar surface area (TPSA) is 32.3 Å². The monoisotopic (exact) mass is 328 g/mol. The van der Waals surface area contributed by atoms with Crippen molar-refractivity contribution in [1.29, 1.82) is 0 Å². The number of nitrogens with zero attached hydrogens (tertiary/aromatic N) is 1. The van der Waals surface area contributed by atoms with E-state index in [0.717, 1.165) is 24.1 Å². The molecule has 1 aliphatic rings. The fourth-order valence-corrected chi connectivity index (χ4v) is 2.97. The van der Waals surface area contributed by atoms with E-state index in [-0.39, 0.29) is 11.2 Å². The van der Waals surface area contributed by atoms with Crippen LogP contribution in [0.1, 0.15) is 12.5 Å². The normalized spacial score (nSPS) is 18.7. The maximum atomic E-state index is 11.6. The highest BCUT2D eigenvalue weighted by molar-refractivity contribution is 9.09. The van der Waals surface area contributed by atoms with E-state index >= 15 is 0 Å². The third-order valence-electron chi connectivity index (χ3n) is 2.96. The van der Waals surface area contributed by atoms with Crippen LogP contribution in [0.15, 0.2) is 23.1 Å². The predicted molar refractivity (Wildman–Crippen MR) is 80.5 cm³/mol. The second-order valence-corrected chi connectivity index (χ2v) is 6.41. The number of likely N-dealkylation sites (N-methyl/N-ethyl adjacent to an activating group) is 1. The first-order valence-corrected chi connectivity index (χ1v) is 7.95. The SMILES string of the molecule is CC1Sc2ccc(CCN(C)CBr)cc2NC1=O. The number of carbonyl (C=O) groups is 1. The van der Waals surface area contributed by atoms with Crippen molar-refractivity contribution < 1.29 is 4.79 Å². The quantitative estimate of drug-likeness (QED) is 0.681. The van der Waals surface area contributed by atoms with E-state index in [1.54, 1.807) is 11.8 Å². The number of alkyl halides is 1. The molecule has 18 heavy (non-hydrogen) atoms. The molecule has 0 saturated heterocycles. The zero-order chi connectivity index (χ0) is 13.1. The average Bonchev–Trinajstić information content (AvgIpc) is 2.37. The van der Waals surface area contributed by atoms with Crippen LogP contribution in [0.25, 0.3) is 0 Å². The van der Waals surface area contributed by atoms with Crippen molar-refractivity contribution >= 4 is 39.3 Å². The van der Waals surface area contributed by atoms with Crippen molar-refractivity contribution in [3.63, 3.8) is 0 Å². The van der Waals surface area contributed by atoms with Crippen LogP contribution in [-0.2, 0) is 11.2 Å². The molecular formula is C13H17BrN2OS. The molecule has 1 heterocycles. The lowest BCUT2D eigenvalue weighted by molar-refractivity contribution is -0.115. The minimum atomic E-state index is 0.00267. The molecule has 3 nitrogen and oxygen atoms in total. The summed E-state index contributed by atoms with van der Waals surface area (Å²) in [4.78, 5) is 15.0. The summed E-state index contributed by atoms with van der Waals surface area (Å²) in [5, 5.41) is 2.97. The van der Waals surface area contributed by atoms with E-state index in [0.29, 0.717) is 0 Å². The minimum absolute atomic E-state index is 0.00267. The van der Waals surface area contributed by atoms with Crippen LogP contribution in [0.4, 0.5) is 5.69 Å². The fraction of sp³-hybridized carbons (Fsp3) is 0.462. The number of carbonyl (C=O) groups excluding carboxylic acids is 1. The van der Waals surface area contributed by atoms with Crippen molar-refractivity contribution in [3.8, 4) is 0 Å². The van der Waals surface area contributed by atoms with Crippen LogP contribution in [0.3, 0.4) is 0 Å². The first kappa shape index (κ1) is 13.9. The number of benzene rings is 1. The highest BCUT2D eigenvalue weighted by atomic mass is 79.9. The summed E-state index contributed by atoms with van der Waals surface area (Å²) in [6, 6.07) is 6.35. The molecule has 1 aliphatic heterocycles. The summed E-state index contributed by atoms with van der Waals surface area (Å²) in [7, 11) is 2.08. The van der Waals surface area contributed by atoms with E-state index in [1.807, 2.05) is 6.92 Å². The molecule has 0 aromatic heterocycles. The number of fused-ring (bicyclic) bond motifs is 1. The van der Waals surface area contributed by atoms with E-state index in [2.05, 4.69) is 51.4 Å². The minimum Gasteiger partial charge on any atom is -0.324 e. The van der Waals surface area contributed by atoms with Crippen molar-refractivity contribution in [3.05, 3.63) is 23.8 Å². The summed E-state index contributed by atoms with van der Waals surface area (Å²) in [5.41, 5.74) is 3.10. The van der Waals surface area contributed by atoms with Crippen molar-refractivity contribution in [2.75, 3.05) is 24.4 Å². The Balaban J connectivity index is 2.08. The molecule has 0 fully saturated rings. The summed E-state index contributed by atoms with van der Waals surface area (Å²) in [6.45, 7) is 2.93. The van der Waals surface area contributed by atoms with Gasteiger partial charge in [0, 0.05) is 11.4 Å². The highest BCUT2D eigenvalue weighted by Gasteiger charge is 2.22. The number of hydrogen-bond donors (Lipinski definition) is 1. The Morgan fingerprint density at radius 2 is 2.28 bits per heavy atom. The smallest absolute Gasteiger partial charge is 0.237 e. The standard InChI is InChI=1S/C13H17BrN2OS/c1-9-13(17)15-11-7-10(3-4-12(11)18-9)5-6-16(2)8-14/h3-4,7,9H,5-6,8H2,1-2H3,(H,15,17). The number of thioether (sulfide) groups is 1. The predicted octanol–water partition coefficient (Wildman–Crippen LogP) is 2.95. The molecule has 1 amide bonds. The van der Waals surface area contributed by atoms with Gasteiger partial charge >= 0.3 is 0 Å². The first-order chi connectivity index (χ1) is 8.60. The second-order valence-electron chi connectivity index (χ2n) is 4.53. The van der Waals surface area contributed by atoms with Crippen LogP contribution in [-0.4, -0.2) is 35.1 Å². The molecule has 98 valence electrons. The van der Waals surface area contributed by atoms with Gasteiger partial charge < -0.3 is 5.32 Å². The van der Waals surface area contributed by atoms with Gasteiger partial charge in [0.1, 0.15) is 0 Å². The number of anilines is 1. The van der Waals surface area contributed by atoms with E-state index in [4.69, 9.17) is 0 Å². The number of halogens is 1. The zero-order valence-corrected chi connectivity index (χ0v) is 13.0. The van der Waals surface area contributed by atoms with Gasteiger partial charge in [-0.05, 0) is 38.1 Å². The Hall–Kier alpha value is -0.520. The molecule has 1 aromatic rings. The number of hydrogen-bond acceptors (Lipinski definition) is 3. The lowest BCUT2D eigenvalue weighted by atomic mass is 10.1. The first-order valence-electron chi connectivity index (χ1n) is 5.95. The van der Waals surface area contributed by atoms with Crippen LogP contribution >= 0.6 is 27.7 Å². The van der Waals surface area contributed by atoms with Gasteiger partial charge in [0.25, 0.3) is 0 Å².